The highest BCUT2D eigenvalue weighted by atomic mass is 32.2. The van der Waals surface area contributed by atoms with Gasteiger partial charge in [0.1, 0.15) is 0 Å². The van der Waals surface area contributed by atoms with Gasteiger partial charge < -0.3 is 9.63 Å². The van der Waals surface area contributed by atoms with Crippen LogP contribution in [0, 0.1) is 12.8 Å². The summed E-state index contributed by atoms with van der Waals surface area (Å²) in [6, 6.07) is 25.2. The van der Waals surface area contributed by atoms with Crippen LogP contribution in [0.25, 0.3) is 22.5 Å². The molecule has 1 amide bonds. The van der Waals surface area contributed by atoms with Gasteiger partial charge in [-0.2, -0.15) is 0 Å². The summed E-state index contributed by atoms with van der Waals surface area (Å²) in [6.07, 6.45) is 4.37. The van der Waals surface area contributed by atoms with Crippen LogP contribution in [0.5, 0.6) is 0 Å². The van der Waals surface area contributed by atoms with Crippen LogP contribution in [0.2, 0.25) is 0 Å². The topological polar surface area (TPSA) is 101 Å². The number of carbonyl (C=O) groups is 1. The van der Waals surface area contributed by atoms with E-state index in [0.29, 0.717) is 42.0 Å². The normalized spacial score (nSPS) is 16.0. The molecule has 1 unspecified atom stereocenters. The Kier molecular flexibility index (Phi) is 7.53. The number of aryl methyl sites for hydroxylation is 2. The maximum Gasteiger partial charge on any atom is 0.244 e. The number of rotatable bonds is 11. The number of nitrogens with zero attached hydrogens (tertiary/aromatic N) is 2. The third-order valence-electron chi connectivity index (χ3n) is 7.94. The molecule has 0 radical (unpaired) electrons. The number of aromatic nitrogens is 1. The fourth-order valence-corrected chi connectivity index (χ4v) is 7.13. The molecule has 1 heterocycles. The first-order valence-electron chi connectivity index (χ1n) is 14.3. The Morgan fingerprint density at radius 1 is 0.927 bits per heavy atom. The van der Waals surface area contributed by atoms with Crippen molar-refractivity contribution in [2.75, 3.05) is 4.31 Å². The summed E-state index contributed by atoms with van der Waals surface area (Å²) in [6.45, 7) is 1.85. The van der Waals surface area contributed by atoms with Gasteiger partial charge in [-0.1, -0.05) is 71.9 Å². The summed E-state index contributed by atoms with van der Waals surface area (Å²) in [7, 11) is -3.68. The third kappa shape index (κ3) is 5.85. The van der Waals surface area contributed by atoms with Gasteiger partial charge >= 0.3 is 0 Å². The van der Waals surface area contributed by atoms with Crippen molar-refractivity contribution < 1.29 is 22.8 Å². The van der Waals surface area contributed by atoms with Gasteiger partial charge in [-0.3, -0.25) is 4.79 Å². The van der Waals surface area contributed by atoms with E-state index in [2.05, 4.69) is 17.3 Å². The highest BCUT2D eigenvalue weighted by Gasteiger charge is 2.46. The zero-order chi connectivity index (χ0) is 28.6. The van der Waals surface area contributed by atoms with E-state index in [1.54, 1.807) is 12.1 Å². The van der Waals surface area contributed by atoms with Crippen LogP contribution in [0.15, 0.2) is 83.4 Å². The summed E-state index contributed by atoms with van der Waals surface area (Å²) < 4.78 is 32.8. The molecular weight excluding hydrogens is 536 g/mol. The Hall–Kier alpha value is -3.75. The molecule has 2 fully saturated rings. The van der Waals surface area contributed by atoms with Crippen molar-refractivity contribution in [2.45, 2.75) is 63.2 Å². The Labute approximate surface area is 240 Å². The summed E-state index contributed by atoms with van der Waals surface area (Å²) in [5.41, 5.74) is 5.70. The molecule has 1 aromatic heterocycles. The molecule has 1 N–H and O–H groups in total. The van der Waals surface area contributed by atoms with Crippen LogP contribution in [0.3, 0.4) is 0 Å². The van der Waals surface area contributed by atoms with E-state index in [-0.39, 0.29) is 11.8 Å². The molecular formula is C33H34N2O5S. The lowest BCUT2D eigenvalue weighted by Crippen LogP contribution is -2.40. The quantitative estimate of drug-likeness (QED) is 0.218. The van der Waals surface area contributed by atoms with E-state index in [9.17, 15) is 18.3 Å². The van der Waals surface area contributed by atoms with Crippen LogP contribution >= 0.6 is 0 Å². The molecule has 2 aliphatic rings. The molecule has 1 atom stereocenters. The van der Waals surface area contributed by atoms with Crippen molar-refractivity contribution in [1.29, 1.82) is 0 Å². The SMILES string of the molecule is Cc1noc(-c2ccc(-c3ccc(N(C(=O)C4CC4)S(=O)(=O)C4CC4)cc3)cc2)c1C(O)CCCc1ccccc1. The number of aliphatic hydroxyl groups is 1. The number of anilines is 1. The molecule has 2 aliphatic carbocycles. The molecule has 7 nitrogen and oxygen atoms in total. The first kappa shape index (κ1) is 27.4. The lowest BCUT2D eigenvalue weighted by Gasteiger charge is -2.22. The Balaban J connectivity index is 1.17. The van der Waals surface area contributed by atoms with Crippen molar-refractivity contribution in [3.63, 3.8) is 0 Å². The number of aliphatic hydroxyl groups excluding tert-OH is 1. The van der Waals surface area contributed by atoms with E-state index in [4.69, 9.17) is 4.52 Å². The minimum Gasteiger partial charge on any atom is -0.388 e. The highest BCUT2D eigenvalue weighted by molar-refractivity contribution is 7.94. The molecule has 3 aromatic carbocycles. The maximum absolute atomic E-state index is 13.1. The first-order valence-corrected chi connectivity index (χ1v) is 15.8. The average molecular weight is 571 g/mol. The highest BCUT2D eigenvalue weighted by Crippen LogP contribution is 2.40. The zero-order valence-corrected chi connectivity index (χ0v) is 23.9. The summed E-state index contributed by atoms with van der Waals surface area (Å²) in [5, 5.41) is 14.7. The smallest absolute Gasteiger partial charge is 0.244 e. The zero-order valence-electron chi connectivity index (χ0n) is 23.1. The number of hydrogen-bond acceptors (Lipinski definition) is 6. The Morgan fingerprint density at radius 2 is 1.54 bits per heavy atom. The van der Waals surface area contributed by atoms with E-state index < -0.39 is 21.4 Å². The average Bonchev–Trinajstić information content (AvgIpc) is 3.91. The summed E-state index contributed by atoms with van der Waals surface area (Å²) >= 11 is 0. The standard InChI is InChI=1S/C33H34N2O5S/c1-22-31(30(36)9-5-8-23-6-3-2-4-7-23)32(40-34-22)26-12-10-24(11-13-26)25-16-18-28(19-17-25)35(33(37)27-14-15-27)41(38,39)29-20-21-29/h2-4,6-7,10-13,16-19,27,29-30,36H,5,8-9,14-15,20-21H2,1H3. The van der Waals surface area contributed by atoms with Crippen molar-refractivity contribution in [3.05, 3.63) is 95.7 Å². The van der Waals surface area contributed by atoms with Crippen molar-refractivity contribution in [3.8, 4) is 22.5 Å². The molecule has 0 aliphatic heterocycles. The van der Waals surface area contributed by atoms with Crippen molar-refractivity contribution >= 4 is 21.6 Å². The van der Waals surface area contributed by atoms with Gasteiger partial charge in [-0.25, -0.2) is 12.7 Å². The second-order valence-electron chi connectivity index (χ2n) is 11.1. The van der Waals surface area contributed by atoms with Crippen molar-refractivity contribution in [1.82, 2.24) is 5.16 Å². The number of amides is 1. The monoisotopic (exact) mass is 570 g/mol. The Bertz CT molecular complexity index is 1620. The minimum atomic E-state index is -3.68. The van der Waals surface area contributed by atoms with Crippen LogP contribution in [-0.2, 0) is 21.2 Å². The first-order chi connectivity index (χ1) is 19.8. The predicted molar refractivity (Wildman–Crippen MR) is 159 cm³/mol. The fourth-order valence-electron chi connectivity index (χ4n) is 5.28. The maximum atomic E-state index is 13.1. The van der Waals surface area contributed by atoms with E-state index >= 15 is 0 Å². The van der Waals surface area contributed by atoms with Gasteiger partial charge in [0.15, 0.2) is 5.76 Å². The molecule has 2 saturated carbocycles. The molecule has 4 aromatic rings. The summed E-state index contributed by atoms with van der Waals surface area (Å²) in [4.78, 5) is 12.9. The lowest BCUT2D eigenvalue weighted by atomic mass is 9.96. The van der Waals surface area contributed by atoms with Gasteiger partial charge in [0.2, 0.25) is 15.9 Å². The largest absolute Gasteiger partial charge is 0.388 e. The number of sulfonamides is 1. The van der Waals surface area contributed by atoms with Gasteiger partial charge in [0.25, 0.3) is 0 Å². The van der Waals surface area contributed by atoms with E-state index in [0.717, 1.165) is 46.7 Å². The third-order valence-corrected chi connectivity index (χ3v) is 10.2. The number of carbonyl (C=O) groups excluding carboxylic acids is 1. The molecule has 6 rings (SSSR count). The van der Waals surface area contributed by atoms with Gasteiger partial charge in [0.05, 0.1) is 28.3 Å². The predicted octanol–water partition coefficient (Wildman–Crippen LogP) is 6.61. The number of benzene rings is 3. The van der Waals surface area contributed by atoms with Crippen LogP contribution in [-0.4, -0.2) is 29.8 Å². The minimum absolute atomic E-state index is 0.192. The Morgan fingerprint density at radius 3 is 2.15 bits per heavy atom. The van der Waals surface area contributed by atoms with Gasteiger partial charge in [-0.05, 0) is 80.7 Å². The molecule has 0 spiro atoms. The molecule has 8 heteroatoms. The van der Waals surface area contributed by atoms with Gasteiger partial charge in [-0.15, -0.1) is 0 Å². The molecule has 41 heavy (non-hydrogen) atoms. The molecule has 0 bridgehead atoms. The van der Waals surface area contributed by atoms with Gasteiger partial charge in [0, 0.05) is 11.5 Å². The summed E-state index contributed by atoms with van der Waals surface area (Å²) in [5.74, 6) is 0.0632. The molecule has 0 saturated heterocycles. The second kappa shape index (κ2) is 11.3. The molecule has 212 valence electrons. The second-order valence-corrected chi connectivity index (χ2v) is 13.2. The van der Waals surface area contributed by atoms with Crippen molar-refractivity contribution in [2.24, 2.45) is 5.92 Å². The van der Waals surface area contributed by atoms with E-state index in [1.165, 1.54) is 5.56 Å². The van der Waals surface area contributed by atoms with Crippen LogP contribution in [0.4, 0.5) is 5.69 Å². The lowest BCUT2D eigenvalue weighted by molar-refractivity contribution is -0.118. The van der Waals surface area contributed by atoms with Crippen LogP contribution < -0.4 is 4.31 Å². The van der Waals surface area contributed by atoms with E-state index in [1.807, 2.05) is 61.5 Å². The number of hydrogen-bond donors (Lipinski definition) is 1. The fraction of sp³-hybridized carbons (Fsp3) is 0.333. The van der Waals surface area contributed by atoms with Crippen LogP contribution in [0.1, 0.15) is 61.4 Å².